The van der Waals surface area contributed by atoms with Crippen LogP contribution in [0.25, 0.3) is 5.69 Å². The van der Waals surface area contributed by atoms with E-state index >= 15 is 0 Å². The van der Waals surface area contributed by atoms with E-state index in [2.05, 4.69) is 42.3 Å². The minimum absolute atomic E-state index is 0.0296. The molecule has 0 aliphatic carbocycles. The maximum absolute atomic E-state index is 12.9. The Labute approximate surface area is 167 Å². The molecule has 0 unspecified atom stereocenters. The summed E-state index contributed by atoms with van der Waals surface area (Å²) in [5.41, 5.74) is 4.74. The van der Waals surface area contributed by atoms with Gasteiger partial charge in [-0.15, -0.1) is 0 Å². The number of carbonyl (C=O) groups is 2. The number of fused-ring (bicyclic) bond motifs is 1. The summed E-state index contributed by atoms with van der Waals surface area (Å²) in [6.07, 6.45) is 3.64. The molecular weight excluding hydrogens is 372 g/mol. The van der Waals surface area contributed by atoms with E-state index in [1.54, 1.807) is 12.3 Å². The molecule has 0 fully saturated rings. The van der Waals surface area contributed by atoms with Gasteiger partial charge < -0.3 is 10.2 Å². The molecule has 28 heavy (non-hydrogen) atoms. The highest BCUT2D eigenvalue weighted by molar-refractivity contribution is 7.99. The lowest BCUT2D eigenvalue weighted by molar-refractivity contribution is -0.120. The summed E-state index contributed by atoms with van der Waals surface area (Å²) in [5.74, 6) is -0.111. The van der Waals surface area contributed by atoms with E-state index < -0.39 is 0 Å². The minimum atomic E-state index is -0.186. The molecule has 1 aliphatic heterocycles. The molecule has 0 atom stereocenters. The number of benzene rings is 2. The number of aryl methyl sites for hydroxylation is 2. The Morgan fingerprint density at radius 2 is 2.00 bits per heavy atom. The first-order chi connectivity index (χ1) is 13.5. The van der Waals surface area contributed by atoms with E-state index in [0.717, 1.165) is 27.7 Å². The second-order valence-corrected chi connectivity index (χ2v) is 7.65. The van der Waals surface area contributed by atoms with Crippen LogP contribution in [0.3, 0.4) is 0 Å². The molecule has 0 saturated heterocycles. The number of amides is 2. The molecular formula is C21H20N4O2S. The van der Waals surface area contributed by atoms with Crippen molar-refractivity contribution in [3.8, 4) is 5.69 Å². The third-order valence-corrected chi connectivity index (χ3v) is 5.58. The van der Waals surface area contributed by atoms with E-state index in [9.17, 15) is 9.59 Å². The second kappa shape index (κ2) is 7.52. The lowest BCUT2D eigenvalue weighted by Crippen LogP contribution is -2.43. The van der Waals surface area contributed by atoms with Crippen molar-refractivity contribution in [2.24, 2.45) is 0 Å². The Morgan fingerprint density at radius 3 is 2.86 bits per heavy atom. The predicted molar refractivity (Wildman–Crippen MR) is 111 cm³/mol. The molecule has 2 amide bonds. The quantitative estimate of drug-likeness (QED) is 0.690. The van der Waals surface area contributed by atoms with Gasteiger partial charge in [0, 0.05) is 12.4 Å². The van der Waals surface area contributed by atoms with Crippen LogP contribution in [0.2, 0.25) is 0 Å². The van der Waals surface area contributed by atoms with E-state index in [0.29, 0.717) is 5.69 Å². The number of rotatable bonds is 4. The van der Waals surface area contributed by atoms with Gasteiger partial charge in [-0.3, -0.25) is 14.2 Å². The van der Waals surface area contributed by atoms with Crippen molar-refractivity contribution in [1.29, 1.82) is 0 Å². The Morgan fingerprint density at radius 1 is 1.18 bits per heavy atom. The van der Waals surface area contributed by atoms with Crippen LogP contribution in [0, 0.1) is 13.8 Å². The summed E-state index contributed by atoms with van der Waals surface area (Å²) in [6.45, 7) is 4.13. The van der Waals surface area contributed by atoms with Crippen LogP contribution in [0.1, 0.15) is 11.1 Å². The first kappa shape index (κ1) is 18.3. The highest BCUT2D eigenvalue weighted by atomic mass is 32.2. The third-order valence-electron chi connectivity index (χ3n) is 4.63. The predicted octanol–water partition coefficient (Wildman–Crippen LogP) is 3.57. The molecule has 142 valence electrons. The summed E-state index contributed by atoms with van der Waals surface area (Å²) in [4.78, 5) is 30.8. The topological polar surface area (TPSA) is 67.2 Å². The first-order valence-electron chi connectivity index (χ1n) is 8.96. The first-order valence-corrected chi connectivity index (χ1v) is 9.94. The van der Waals surface area contributed by atoms with E-state index in [1.807, 2.05) is 29.0 Å². The van der Waals surface area contributed by atoms with Crippen molar-refractivity contribution in [3.05, 3.63) is 66.0 Å². The van der Waals surface area contributed by atoms with E-state index in [4.69, 9.17) is 0 Å². The van der Waals surface area contributed by atoms with Crippen LogP contribution in [-0.2, 0) is 9.59 Å². The normalized spacial score (nSPS) is 13.2. The number of thioether (sulfide) groups is 1. The molecule has 0 bridgehead atoms. The standard InChI is InChI=1S/C21H20N4O2S/c1-14-7-8-15(2)18(11-14)24-10-9-22-21(24)28-13-20(27)25-12-19(26)23-16-5-3-4-6-17(16)25/h3-11H,12-13H2,1-2H3,(H,23,26). The summed E-state index contributed by atoms with van der Waals surface area (Å²) >= 11 is 1.37. The zero-order valence-corrected chi connectivity index (χ0v) is 16.5. The molecule has 2 heterocycles. The van der Waals surface area contributed by atoms with Gasteiger partial charge in [0.2, 0.25) is 11.8 Å². The van der Waals surface area contributed by atoms with Gasteiger partial charge in [0.25, 0.3) is 0 Å². The van der Waals surface area contributed by atoms with Crippen LogP contribution in [0.5, 0.6) is 0 Å². The van der Waals surface area contributed by atoms with Gasteiger partial charge in [0.15, 0.2) is 5.16 Å². The average Bonchev–Trinajstić information content (AvgIpc) is 3.15. The van der Waals surface area contributed by atoms with Gasteiger partial charge in [-0.25, -0.2) is 4.98 Å². The molecule has 4 rings (SSSR count). The number of imidazole rings is 1. The van der Waals surface area contributed by atoms with Crippen molar-refractivity contribution in [2.75, 3.05) is 22.5 Å². The van der Waals surface area contributed by atoms with Gasteiger partial charge in [0.05, 0.1) is 22.8 Å². The van der Waals surface area contributed by atoms with Gasteiger partial charge in [0.1, 0.15) is 6.54 Å². The summed E-state index contributed by atoms with van der Waals surface area (Å²) in [7, 11) is 0. The van der Waals surface area contributed by atoms with Crippen LogP contribution < -0.4 is 10.2 Å². The SMILES string of the molecule is Cc1ccc(C)c(-n2ccnc2SCC(=O)N2CC(=O)Nc3ccccc32)c1. The summed E-state index contributed by atoms with van der Waals surface area (Å²) in [6, 6.07) is 13.6. The zero-order chi connectivity index (χ0) is 19.7. The van der Waals surface area contributed by atoms with Gasteiger partial charge in [-0.05, 0) is 43.2 Å². The summed E-state index contributed by atoms with van der Waals surface area (Å²) in [5, 5.41) is 3.55. The smallest absolute Gasteiger partial charge is 0.244 e. The fourth-order valence-corrected chi connectivity index (χ4v) is 4.06. The fraction of sp³-hybridized carbons (Fsp3) is 0.190. The highest BCUT2D eigenvalue weighted by Crippen LogP contribution is 2.30. The molecule has 0 spiro atoms. The monoisotopic (exact) mass is 392 g/mol. The second-order valence-electron chi connectivity index (χ2n) is 6.70. The zero-order valence-electron chi connectivity index (χ0n) is 15.7. The maximum atomic E-state index is 12.9. The molecule has 0 radical (unpaired) electrons. The number of carbonyl (C=O) groups excluding carboxylic acids is 2. The van der Waals surface area contributed by atoms with Gasteiger partial charge >= 0.3 is 0 Å². The molecule has 2 aromatic carbocycles. The van der Waals surface area contributed by atoms with Crippen molar-refractivity contribution in [3.63, 3.8) is 0 Å². The Balaban J connectivity index is 1.54. The minimum Gasteiger partial charge on any atom is -0.323 e. The van der Waals surface area contributed by atoms with E-state index in [-0.39, 0.29) is 24.1 Å². The Bertz CT molecular complexity index is 1060. The number of anilines is 2. The maximum Gasteiger partial charge on any atom is 0.244 e. The number of nitrogens with zero attached hydrogens (tertiary/aromatic N) is 3. The largest absolute Gasteiger partial charge is 0.323 e. The number of aromatic nitrogens is 2. The molecule has 6 nitrogen and oxygen atoms in total. The summed E-state index contributed by atoms with van der Waals surface area (Å²) < 4.78 is 2.00. The van der Waals surface area contributed by atoms with Crippen molar-refractivity contribution < 1.29 is 9.59 Å². The van der Waals surface area contributed by atoms with Crippen LogP contribution in [0.15, 0.2) is 60.0 Å². The molecule has 3 aromatic rings. The highest BCUT2D eigenvalue weighted by Gasteiger charge is 2.26. The van der Waals surface area contributed by atoms with E-state index in [1.165, 1.54) is 16.7 Å². The lowest BCUT2D eigenvalue weighted by atomic mass is 10.1. The van der Waals surface area contributed by atoms with Crippen LogP contribution in [-0.4, -0.2) is 33.7 Å². The fourth-order valence-electron chi connectivity index (χ4n) is 3.22. The van der Waals surface area contributed by atoms with Crippen molar-refractivity contribution in [1.82, 2.24) is 9.55 Å². The van der Waals surface area contributed by atoms with Crippen molar-refractivity contribution >= 4 is 35.0 Å². The Kier molecular flexibility index (Phi) is 4.92. The molecule has 1 aliphatic rings. The third kappa shape index (κ3) is 3.53. The average molecular weight is 392 g/mol. The van der Waals surface area contributed by atoms with Gasteiger partial charge in [-0.1, -0.05) is 36.0 Å². The molecule has 7 heteroatoms. The number of nitrogens with one attached hydrogen (secondary N) is 1. The number of hydrogen-bond acceptors (Lipinski definition) is 4. The van der Waals surface area contributed by atoms with Crippen molar-refractivity contribution in [2.45, 2.75) is 19.0 Å². The molecule has 1 N–H and O–H groups in total. The van der Waals surface area contributed by atoms with Gasteiger partial charge in [-0.2, -0.15) is 0 Å². The number of para-hydroxylation sites is 2. The van der Waals surface area contributed by atoms with Crippen LogP contribution >= 0.6 is 11.8 Å². The Hall–Kier alpha value is -3.06. The lowest BCUT2D eigenvalue weighted by Gasteiger charge is -2.29. The number of hydrogen-bond donors (Lipinski definition) is 1. The molecule has 1 aromatic heterocycles. The molecule has 0 saturated carbocycles. The van der Waals surface area contributed by atoms with Crippen LogP contribution in [0.4, 0.5) is 11.4 Å².